The van der Waals surface area contributed by atoms with Gasteiger partial charge in [0.25, 0.3) is 0 Å². The Morgan fingerprint density at radius 2 is 1.05 bits per heavy atom. The molecule has 0 atom stereocenters. The fraction of sp³-hybridized carbons (Fsp3) is 0.444. The molecule has 0 amide bonds. The first-order chi connectivity index (χ1) is 8.36. The van der Waals surface area contributed by atoms with E-state index in [0.717, 1.165) is 12.8 Å². The van der Waals surface area contributed by atoms with Crippen LogP contribution in [0.5, 0.6) is 0 Å². The average molecular weight is 343 g/mol. The van der Waals surface area contributed by atoms with Gasteiger partial charge in [0.05, 0.1) is 0 Å². The normalized spacial score (nSPS) is 18.2. The second-order valence-electron chi connectivity index (χ2n) is 5.80. The number of rotatable bonds is 0. The van der Waals surface area contributed by atoms with E-state index in [1.807, 2.05) is 0 Å². The van der Waals surface area contributed by atoms with Gasteiger partial charge in [-0.15, -0.1) is 51.0 Å². The summed E-state index contributed by atoms with van der Waals surface area (Å²) in [6.45, 7) is 13.0. The average Bonchev–Trinajstić information content (AvgIpc) is 2.12. The molecule has 0 saturated carbocycles. The van der Waals surface area contributed by atoms with Crippen LogP contribution in [-0.2, 0) is 19.5 Å². The maximum absolute atomic E-state index is 2.24. The van der Waals surface area contributed by atoms with Crippen molar-refractivity contribution in [2.24, 2.45) is 0 Å². The third-order valence-electron chi connectivity index (χ3n) is 3.01. The van der Waals surface area contributed by atoms with Crippen molar-refractivity contribution in [3.63, 3.8) is 0 Å². The Balaban J connectivity index is 0.000000324. The Kier molecular flexibility index (Phi) is 8.18. The quantitative estimate of drug-likeness (QED) is 0.388. The molecular formula is C18H26Ru. The van der Waals surface area contributed by atoms with Gasteiger partial charge >= 0.3 is 19.5 Å². The Bertz CT molecular complexity index is 367. The largest absolute Gasteiger partial charge is 2.00 e. The van der Waals surface area contributed by atoms with Crippen molar-refractivity contribution < 1.29 is 19.5 Å². The summed E-state index contributed by atoms with van der Waals surface area (Å²) < 4.78 is 0. The minimum Gasteiger partial charge on any atom is -0.222 e. The second kappa shape index (κ2) is 8.49. The maximum atomic E-state index is 2.24. The molecule has 0 aromatic rings. The molecule has 0 aliphatic heterocycles. The molecule has 2 aliphatic carbocycles. The van der Waals surface area contributed by atoms with Crippen molar-refractivity contribution in [1.82, 2.24) is 0 Å². The van der Waals surface area contributed by atoms with Gasteiger partial charge in [-0.3, -0.25) is 0 Å². The van der Waals surface area contributed by atoms with Gasteiger partial charge in [0, 0.05) is 0 Å². The molecular weight excluding hydrogens is 317 g/mol. The molecule has 2 rings (SSSR count). The Labute approximate surface area is 132 Å². The number of hydrogen-bond donors (Lipinski definition) is 0. The minimum atomic E-state index is 0. The molecule has 106 valence electrons. The van der Waals surface area contributed by atoms with Crippen molar-refractivity contribution in [2.75, 3.05) is 0 Å². The summed E-state index contributed by atoms with van der Waals surface area (Å²) in [5.74, 6) is 2.96. The summed E-state index contributed by atoms with van der Waals surface area (Å²) in [7, 11) is 0. The van der Waals surface area contributed by atoms with E-state index >= 15 is 0 Å². The predicted molar refractivity (Wildman–Crippen MR) is 82.1 cm³/mol. The van der Waals surface area contributed by atoms with Crippen LogP contribution in [0.1, 0.15) is 54.4 Å². The minimum absolute atomic E-state index is 0. The van der Waals surface area contributed by atoms with Gasteiger partial charge in [-0.25, -0.2) is 24.0 Å². The summed E-state index contributed by atoms with van der Waals surface area (Å²) in [5.41, 5.74) is 5.73. The molecule has 0 unspecified atom stereocenters. The fourth-order valence-corrected chi connectivity index (χ4v) is 2.72. The van der Waals surface area contributed by atoms with Crippen molar-refractivity contribution in [3.8, 4) is 0 Å². The first-order valence-electron chi connectivity index (χ1n) is 6.72. The molecule has 0 bridgehead atoms. The third kappa shape index (κ3) is 7.48. The van der Waals surface area contributed by atoms with Gasteiger partial charge in [0.2, 0.25) is 0 Å². The standard InChI is InChI=1S/2C9H13.Ru/c2*1-7-4-8(2)6-9(3)5-7;/h2*4-5H,6H2,1-3H3;/q2*-1;+2. The van der Waals surface area contributed by atoms with E-state index in [1.54, 1.807) is 0 Å². The number of allylic oxidation sites excluding steroid dienone is 8. The molecule has 0 N–H and O–H groups in total. The maximum Gasteiger partial charge on any atom is 2.00 e. The van der Waals surface area contributed by atoms with E-state index in [-0.39, 0.29) is 19.5 Å². The molecule has 2 aliphatic rings. The van der Waals surface area contributed by atoms with Crippen molar-refractivity contribution >= 4 is 0 Å². The summed E-state index contributed by atoms with van der Waals surface area (Å²) in [6, 6.07) is 0. The van der Waals surface area contributed by atoms with Crippen LogP contribution in [0, 0.1) is 11.8 Å². The zero-order chi connectivity index (χ0) is 13.7. The summed E-state index contributed by atoms with van der Waals surface area (Å²) in [4.78, 5) is 0. The molecule has 0 aromatic carbocycles. The second-order valence-corrected chi connectivity index (χ2v) is 5.80. The van der Waals surface area contributed by atoms with E-state index in [1.165, 1.54) is 34.1 Å². The molecule has 0 aromatic heterocycles. The van der Waals surface area contributed by atoms with E-state index in [0.29, 0.717) is 0 Å². The first-order valence-corrected chi connectivity index (χ1v) is 6.72. The van der Waals surface area contributed by atoms with Gasteiger partial charge in [-0.05, 0) is 13.8 Å². The van der Waals surface area contributed by atoms with E-state index in [4.69, 9.17) is 0 Å². The van der Waals surface area contributed by atoms with Crippen molar-refractivity contribution in [3.05, 3.63) is 58.4 Å². The third-order valence-corrected chi connectivity index (χ3v) is 3.01. The van der Waals surface area contributed by atoms with Crippen LogP contribution in [-0.4, -0.2) is 0 Å². The molecule has 0 radical (unpaired) electrons. The van der Waals surface area contributed by atoms with Crippen LogP contribution >= 0.6 is 0 Å². The number of hydrogen-bond acceptors (Lipinski definition) is 0. The molecule has 19 heavy (non-hydrogen) atoms. The van der Waals surface area contributed by atoms with Gasteiger partial charge in [-0.2, -0.15) is 11.1 Å². The Morgan fingerprint density at radius 1 is 0.737 bits per heavy atom. The van der Waals surface area contributed by atoms with Crippen LogP contribution in [0.3, 0.4) is 0 Å². The van der Waals surface area contributed by atoms with Gasteiger partial charge < -0.3 is 0 Å². The SMILES string of the molecule is CC1=C[C-](C)CC(C)=C1.CC1=C[C-](C)CC(C)=C1.[Ru+2]. The summed E-state index contributed by atoms with van der Waals surface area (Å²) >= 11 is 0. The van der Waals surface area contributed by atoms with E-state index < -0.39 is 0 Å². The predicted octanol–water partition coefficient (Wildman–Crippen LogP) is 5.75. The topological polar surface area (TPSA) is 0 Å². The smallest absolute Gasteiger partial charge is 0.222 e. The van der Waals surface area contributed by atoms with Crippen LogP contribution in [0.25, 0.3) is 0 Å². The monoisotopic (exact) mass is 344 g/mol. The molecule has 1 heteroatoms. The van der Waals surface area contributed by atoms with Crippen LogP contribution in [0.15, 0.2) is 46.6 Å². The van der Waals surface area contributed by atoms with Gasteiger partial charge in [0.1, 0.15) is 0 Å². The fourth-order valence-electron chi connectivity index (χ4n) is 2.72. The zero-order valence-corrected chi connectivity index (χ0v) is 14.8. The van der Waals surface area contributed by atoms with E-state index in [9.17, 15) is 0 Å². The summed E-state index contributed by atoms with van der Waals surface area (Å²) in [6.07, 6.45) is 11.3. The molecule has 0 spiro atoms. The molecule has 0 heterocycles. The van der Waals surface area contributed by atoms with Crippen LogP contribution in [0.4, 0.5) is 0 Å². The molecule has 0 nitrogen and oxygen atoms in total. The van der Waals surface area contributed by atoms with E-state index in [2.05, 4.69) is 65.8 Å². The van der Waals surface area contributed by atoms with Gasteiger partial charge in [-0.1, -0.05) is 12.8 Å². The van der Waals surface area contributed by atoms with Crippen molar-refractivity contribution in [2.45, 2.75) is 54.4 Å². The first kappa shape index (κ1) is 18.3. The van der Waals surface area contributed by atoms with Crippen molar-refractivity contribution in [1.29, 1.82) is 0 Å². The Hall–Kier alpha value is -0.677. The van der Waals surface area contributed by atoms with Crippen LogP contribution in [0.2, 0.25) is 0 Å². The Morgan fingerprint density at radius 3 is 1.26 bits per heavy atom. The molecule has 0 saturated heterocycles. The summed E-state index contributed by atoms with van der Waals surface area (Å²) in [5, 5.41) is 0. The molecule has 0 fully saturated rings. The van der Waals surface area contributed by atoms with Crippen LogP contribution < -0.4 is 0 Å². The zero-order valence-electron chi connectivity index (χ0n) is 13.1. The van der Waals surface area contributed by atoms with Gasteiger partial charge in [0.15, 0.2) is 0 Å².